The molecule has 0 saturated carbocycles. The summed E-state index contributed by atoms with van der Waals surface area (Å²) in [6.07, 6.45) is 0. The molecular formula is C11H10N2O2S. The van der Waals surface area contributed by atoms with Crippen molar-refractivity contribution in [3.05, 3.63) is 30.3 Å². The second-order valence-electron chi connectivity index (χ2n) is 3.25. The van der Waals surface area contributed by atoms with E-state index in [9.17, 15) is 10.2 Å². The topological polar surface area (TPSA) is 90.3 Å². The summed E-state index contributed by atoms with van der Waals surface area (Å²) < 4.78 is 0. The molecule has 0 aliphatic carbocycles. The molecule has 0 aliphatic rings. The van der Waals surface area contributed by atoms with Crippen LogP contribution in [0.15, 0.2) is 35.2 Å². The molecule has 0 fully saturated rings. The highest BCUT2D eigenvalue weighted by Gasteiger charge is 2.11. The van der Waals surface area contributed by atoms with Crippen LogP contribution in [0.25, 0.3) is 10.8 Å². The van der Waals surface area contributed by atoms with Crippen LogP contribution in [0.2, 0.25) is 0 Å². The monoisotopic (exact) mass is 234 g/mol. The fourth-order valence-electron chi connectivity index (χ4n) is 1.52. The van der Waals surface area contributed by atoms with E-state index in [4.69, 9.17) is 11.1 Å². The Morgan fingerprint density at radius 3 is 2.44 bits per heavy atom. The highest BCUT2D eigenvalue weighted by molar-refractivity contribution is 8.13. The van der Waals surface area contributed by atoms with E-state index in [2.05, 4.69) is 0 Å². The Kier molecular flexibility index (Phi) is 2.62. The lowest BCUT2D eigenvalue weighted by Crippen LogP contribution is -2.03. The van der Waals surface area contributed by atoms with Gasteiger partial charge in [-0.1, -0.05) is 36.0 Å². The SMILES string of the molecule is N=C(N)Sc1cc(O)c(O)c2ccccc12. The Hall–Kier alpha value is -1.88. The van der Waals surface area contributed by atoms with Crippen molar-refractivity contribution < 1.29 is 10.2 Å². The number of phenolic OH excluding ortho intramolecular Hbond substituents is 2. The van der Waals surface area contributed by atoms with Gasteiger partial charge in [0.15, 0.2) is 16.7 Å². The predicted octanol–water partition coefficient (Wildman–Crippen LogP) is 2.24. The van der Waals surface area contributed by atoms with E-state index >= 15 is 0 Å². The molecule has 0 bridgehead atoms. The van der Waals surface area contributed by atoms with E-state index in [1.54, 1.807) is 18.2 Å². The third-order valence-electron chi connectivity index (χ3n) is 2.18. The van der Waals surface area contributed by atoms with Gasteiger partial charge in [0.05, 0.1) is 0 Å². The molecule has 2 aromatic rings. The highest BCUT2D eigenvalue weighted by atomic mass is 32.2. The fraction of sp³-hybridized carbons (Fsp3) is 0. The number of phenols is 2. The van der Waals surface area contributed by atoms with Crippen molar-refractivity contribution in [1.29, 1.82) is 5.41 Å². The van der Waals surface area contributed by atoms with Crippen molar-refractivity contribution in [2.45, 2.75) is 4.90 Å². The van der Waals surface area contributed by atoms with Gasteiger partial charge in [-0.05, 0) is 11.5 Å². The number of hydrogen-bond acceptors (Lipinski definition) is 4. The van der Waals surface area contributed by atoms with Gasteiger partial charge in [-0.2, -0.15) is 0 Å². The van der Waals surface area contributed by atoms with Gasteiger partial charge in [-0.3, -0.25) is 5.41 Å². The molecule has 0 saturated heterocycles. The minimum absolute atomic E-state index is 0.0600. The molecule has 2 rings (SSSR count). The van der Waals surface area contributed by atoms with Crippen LogP contribution in [0.4, 0.5) is 0 Å². The van der Waals surface area contributed by atoms with Crippen LogP contribution in [0.5, 0.6) is 11.5 Å². The van der Waals surface area contributed by atoms with Crippen LogP contribution in [0.3, 0.4) is 0 Å². The van der Waals surface area contributed by atoms with Crippen LogP contribution in [0.1, 0.15) is 0 Å². The molecule has 0 unspecified atom stereocenters. The Balaban J connectivity index is 2.74. The molecule has 2 aromatic carbocycles. The third-order valence-corrected chi connectivity index (χ3v) is 2.96. The maximum absolute atomic E-state index is 9.67. The summed E-state index contributed by atoms with van der Waals surface area (Å²) in [6.45, 7) is 0. The molecule has 0 radical (unpaired) electrons. The van der Waals surface area contributed by atoms with Crippen molar-refractivity contribution in [1.82, 2.24) is 0 Å². The Morgan fingerprint density at radius 2 is 1.81 bits per heavy atom. The number of aromatic hydroxyl groups is 2. The standard InChI is InChI=1S/C11H10N2O2S/c12-11(13)16-9-5-8(14)10(15)7-4-2-1-3-6(7)9/h1-5,14-15H,(H3,12,13). The number of benzene rings is 2. The number of hydrogen-bond donors (Lipinski definition) is 4. The van der Waals surface area contributed by atoms with Crippen LogP contribution < -0.4 is 5.73 Å². The van der Waals surface area contributed by atoms with E-state index in [0.29, 0.717) is 10.3 Å². The number of amidine groups is 1. The van der Waals surface area contributed by atoms with Gasteiger partial charge in [0.1, 0.15) is 0 Å². The summed E-state index contributed by atoms with van der Waals surface area (Å²) in [5.74, 6) is -0.356. The van der Waals surface area contributed by atoms with Crippen LogP contribution >= 0.6 is 11.8 Å². The van der Waals surface area contributed by atoms with E-state index in [1.165, 1.54) is 6.07 Å². The predicted molar refractivity (Wildman–Crippen MR) is 65.0 cm³/mol. The van der Waals surface area contributed by atoms with Crippen LogP contribution in [-0.4, -0.2) is 15.4 Å². The molecule has 5 N–H and O–H groups in total. The molecule has 0 amide bonds. The van der Waals surface area contributed by atoms with E-state index in [1.807, 2.05) is 6.07 Å². The van der Waals surface area contributed by atoms with Crippen molar-refractivity contribution in [2.75, 3.05) is 0 Å². The van der Waals surface area contributed by atoms with Gasteiger partial charge in [0, 0.05) is 10.3 Å². The number of nitrogens with one attached hydrogen (secondary N) is 1. The molecule has 4 nitrogen and oxygen atoms in total. The first-order valence-electron chi connectivity index (χ1n) is 4.55. The van der Waals surface area contributed by atoms with Crippen molar-refractivity contribution in [3.63, 3.8) is 0 Å². The Labute approximate surface area is 96.2 Å². The largest absolute Gasteiger partial charge is 0.504 e. The first-order valence-corrected chi connectivity index (χ1v) is 5.37. The third kappa shape index (κ3) is 1.77. The maximum atomic E-state index is 9.67. The molecule has 82 valence electrons. The molecule has 5 heteroatoms. The summed E-state index contributed by atoms with van der Waals surface area (Å²) in [7, 11) is 0. The lowest BCUT2D eigenvalue weighted by molar-refractivity contribution is 0.407. The molecular weight excluding hydrogens is 224 g/mol. The fourth-order valence-corrected chi connectivity index (χ4v) is 2.21. The summed E-state index contributed by atoms with van der Waals surface area (Å²) in [4.78, 5) is 0.651. The lowest BCUT2D eigenvalue weighted by atomic mass is 10.1. The average molecular weight is 234 g/mol. The zero-order chi connectivity index (χ0) is 11.7. The first-order chi connectivity index (χ1) is 7.59. The summed E-state index contributed by atoms with van der Waals surface area (Å²) in [5.41, 5.74) is 5.31. The summed E-state index contributed by atoms with van der Waals surface area (Å²) in [6, 6.07) is 8.50. The quantitative estimate of drug-likeness (QED) is 0.263. The van der Waals surface area contributed by atoms with Gasteiger partial charge in [0.25, 0.3) is 0 Å². The van der Waals surface area contributed by atoms with Gasteiger partial charge >= 0.3 is 0 Å². The van der Waals surface area contributed by atoms with Crippen molar-refractivity contribution in [3.8, 4) is 11.5 Å². The lowest BCUT2D eigenvalue weighted by Gasteiger charge is -2.08. The van der Waals surface area contributed by atoms with Crippen LogP contribution in [0, 0.1) is 5.41 Å². The van der Waals surface area contributed by atoms with Gasteiger partial charge in [0.2, 0.25) is 0 Å². The van der Waals surface area contributed by atoms with E-state index < -0.39 is 0 Å². The van der Waals surface area contributed by atoms with E-state index in [-0.39, 0.29) is 16.7 Å². The summed E-state index contributed by atoms with van der Waals surface area (Å²) in [5, 5.41) is 27.7. The average Bonchev–Trinajstić information content (AvgIpc) is 2.25. The molecule has 0 aliphatic heterocycles. The smallest absolute Gasteiger partial charge is 0.165 e. The second kappa shape index (κ2) is 3.94. The molecule has 0 heterocycles. The Morgan fingerprint density at radius 1 is 1.19 bits per heavy atom. The molecule has 0 atom stereocenters. The highest BCUT2D eigenvalue weighted by Crippen LogP contribution is 2.39. The number of thioether (sulfide) groups is 1. The minimum atomic E-state index is -0.206. The van der Waals surface area contributed by atoms with Gasteiger partial charge < -0.3 is 15.9 Å². The zero-order valence-corrected chi connectivity index (χ0v) is 9.08. The molecule has 0 aromatic heterocycles. The van der Waals surface area contributed by atoms with Gasteiger partial charge in [-0.25, -0.2) is 0 Å². The zero-order valence-electron chi connectivity index (χ0n) is 8.27. The van der Waals surface area contributed by atoms with Crippen molar-refractivity contribution in [2.24, 2.45) is 5.73 Å². The first kappa shape index (κ1) is 10.6. The van der Waals surface area contributed by atoms with Crippen LogP contribution in [-0.2, 0) is 0 Å². The molecule has 0 spiro atoms. The number of fused-ring (bicyclic) bond motifs is 1. The minimum Gasteiger partial charge on any atom is -0.504 e. The summed E-state index contributed by atoms with van der Waals surface area (Å²) >= 11 is 1.04. The number of nitrogens with two attached hydrogens (primary N) is 1. The molecule has 16 heavy (non-hydrogen) atoms. The van der Waals surface area contributed by atoms with Crippen molar-refractivity contribution >= 4 is 27.7 Å². The number of rotatable bonds is 1. The normalized spacial score (nSPS) is 10.5. The maximum Gasteiger partial charge on any atom is 0.165 e. The second-order valence-corrected chi connectivity index (χ2v) is 4.34. The van der Waals surface area contributed by atoms with E-state index in [0.717, 1.165) is 17.1 Å². The van der Waals surface area contributed by atoms with Gasteiger partial charge in [-0.15, -0.1) is 0 Å². The Bertz CT molecular complexity index is 569.